The van der Waals surface area contributed by atoms with E-state index in [2.05, 4.69) is 20.4 Å². The fraction of sp³-hybridized carbons (Fsp3) is 0.105. The molecular weight excluding hydrogens is 382 g/mol. The molecule has 0 unspecified atom stereocenters. The van der Waals surface area contributed by atoms with E-state index in [0.717, 1.165) is 10.5 Å². The first-order valence-corrected chi connectivity index (χ1v) is 10.0. The normalized spacial score (nSPS) is 10.3. The van der Waals surface area contributed by atoms with Crippen LogP contribution in [0.2, 0.25) is 0 Å². The predicted octanol–water partition coefficient (Wildman–Crippen LogP) is 4.96. The molecule has 1 heterocycles. The van der Waals surface area contributed by atoms with Crippen LogP contribution in [0.1, 0.15) is 10.4 Å². The Hall–Kier alpha value is -2.84. The van der Waals surface area contributed by atoms with E-state index in [-0.39, 0.29) is 5.91 Å². The molecule has 0 aliphatic rings. The quantitative estimate of drug-likeness (QED) is 0.593. The molecule has 0 aliphatic carbocycles. The zero-order chi connectivity index (χ0) is 19.2. The van der Waals surface area contributed by atoms with E-state index in [9.17, 15) is 9.59 Å². The van der Waals surface area contributed by atoms with E-state index in [4.69, 9.17) is 0 Å². The second-order valence-corrected chi connectivity index (χ2v) is 7.18. The van der Waals surface area contributed by atoms with Crippen molar-refractivity contribution in [3.8, 4) is 11.3 Å². The van der Waals surface area contributed by atoms with Crippen LogP contribution in [0.4, 0.5) is 14.9 Å². The largest absolute Gasteiger partial charge is 0.453 e. The number of benzene rings is 2. The second-order valence-electron chi connectivity index (χ2n) is 5.33. The number of nitrogens with one attached hydrogen (secondary N) is 2. The van der Waals surface area contributed by atoms with Crippen LogP contribution in [0.5, 0.6) is 0 Å². The van der Waals surface area contributed by atoms with Crippen LogP contribution in [0.15, 0.2) is 59.5 Å². The van der Waals surface area contributed by atoms with Gasteiger partial charge in [-0.1, -0.05) is 53.8 Å². The monoisotopic (exact) mass is 399 g/mol. The second kappa shape index (κ2) is 8.70. The molecular formula is C19H17N3O3S2. The van der Waals surface area contributed by atoms with E-state index in [0.29, 0.717) is 21.4 Å². The van der Waals surface area contributed by atoms with Crippen molar-refractivity contribution in [2.45, 2.75) is 4.90 Å². The van der Waals surface area contributed by atoms with Crippen LogP contribution in [0.25, 0.3) is 11.3 Å². The van der Waals surface area contributed by atoms with E-state index < -0.39 is 6.09 Å². The Balaban J connectivity index is 1.95. The molecule has 0 radical (unpaired) electrons. The van der Waals surface area contributed by atoms with Gasteiger partial charge in [-0.25, -0.2) is 9.78 Å². The van der Waals surface area contributed by atoms with Gasteiger partial charge in [-0.2, -0.15) is 0 Å². The minimum atomic E-state index is -0.617. The fourth-order valence-electron chi connectivity index (χ4n) is 2.39. The van der Waals surface area contributed by atoms with Crippen molar-refractivity contribution in [3.05, 3.63) is 60.2 Å². The van der Waals surface area contributed by atoms with Crippen molar-refractivity contribution in [2.75, 3.05) is 24.0 Å². The molecule has 2 N–H and O–H groups in total. The van der Waals surface area contributed by atoms with Crippen LogP contribution >= 0.6 is 23.1 Å². The number of hydrogen-bond donors (Lipinski definition) is 2. The third-order valence-corrected chi connectivity index (χ3v) is 5.33. The topological polar surface area (TPSA) is 80.3 Å². The Labute approximate surface area is 165 Å². The van der Waals surface area contributed by atoms with Crippen molar-refractivity contribution in [1.29, 1.82) is 0 Å². The minimum Gasteiger partial charge on any atom is -0.453 e. The summed E-state index contributed by atoms with van der Waals surface area (Å²) in [4.78, 5) is 29.6. The number of methoxy groups -OCH3 is 1. The molecule has 0 bridgehead atoms. The number of ether oxygens (including phenoxy) is 1. The Morgan fingerprint density at radius 2 is 1.74 bits per heavy atom. The maximum atomic E-state index is 12.8. The molecule has 8 heteroatoms. The maximum Gasteiger partial charge on any atom is 0.413 e. The van der Waals surface area contributed by atoms with Crippen molar-refractivity contribution < 1.29 is 14.3 Å². The summed E-state index contributed by atoms with van der Waals surface area (Å²) < 4.78 is 4.62. The Bertz CT molecular complexity index is 958. The number of anilines is 2. The predicted molar refractivity (Wildman–Crippen MR) is 110 cm³/mol. The average molecular weight is 399 g/mol. The highest BCUT2D eigenvalue weighted by Gasteiger charge is 2.19. The fourth-order valence-corrected chi connectivity index (χ4v) is 3.85. The Morgan fingerprint density at radius 1 is 1.04 bits per heavy atom. The van der Waals surface area contributed by atoms with E-state index in [1.165, 1.54) is 30.2 Å². The molecule has 2 aromatic carbocycles. The number of thiazole rings is 1. The summed E-state index contributed by atoms with van der Waals surface area (Å²) in [5.74, 6) is -0.231. The van der Waals surface area contributed by atoms with Gasteiger partial charge in [0, 0.05) is 10.5 Å². The number of carbonyl (C=O) groups is 2. The van der Waals surface area contributed by atoms with Gasteiger partial charge in [-0.3, -0.25) is 10.1 Å². The first kappa shape index (κ1) is 18.9. The van der Waals surface area contributed by atoms with Crippen LogP contribution in [0, 0.1) is 0 Å². The molecule has 0 spiro atoms. The summed E-state index contributed by atoms with van der Waals surface area (Å²) in [5, 5.41) is 6.36. The van der Waals surface area contributed by atoms with Crippen LogP contribution < -0.4 is 10.6 Å². The highest BCUT2D eigenvalue weighted by Crippen LogP contribution is 2.36. The molecule has 0 atom stereocenters. The highest BCUT2D eigenvalue weighted by atomic mass is 32.2. The molecule has 3 rings (SSSR count). The minimum absolute atomic E-state index is 0.231. The maximum absolute atomic E-state index is 12.8. The first-order valence-electron chi connectivity index (χ1n) is 7.98. The zero-order valence-electron chi connectivity index (χ0n) is 14.7. The summed E-state index contributed by atoms with van der Waals surface area (Å²) in [6, 6.07) is 16.8. The summed E-state index contributed by atoms with van der Waals surface area (Å²) in [6.07, 6.45) is 1.31. The lowest BCUT2D eigenvalue weighted by Gasteiger charge is -2.08. The SMILES string of the molecule is COC(=O)Nc1nc(-c2ccccc2)c(NC(=O)c2ccccc2SC)s1. The van der Waals surface area contributed by atoms with Gasteiger partial charge in [0.15, 0.2) is 5.13 Å². The number of nitrogens with zero attached hydrogens (tertiary/aromatic N) is 1. The molecule has 138 valence electrons. The van der Waals surface area contributed by atoms with Crippen molar-refractivity contribution in [2.24, 2.45) is 0 Å². The number of thioether (sulfide) groups is 1. The number of rotatable bonds is 5. The summed E-state index contributed by atoms with van der Waals surface area (Å²) in [5.41, 5.74) is 2.00. The van der Waals surface area contributed by atoms with Crippen molar-refractivity contribution in [1.82, 2.24) is 4.98 Å². The molecule has 27 heavy (non-hydrogen) atoms. The molecule has 0 saturated carbocycles. The molecule has 2 amide bonds. The van der Waals surface area contributed by atoms with Crippen molar-refractivity contribution >= 4 is 45.2 Å². The van der Waals surface area contributed by atoms with E-state index in [1.54, 1.807) is 6.07 Å². The number of amides is 2. The highest BCUT2D eigenvalue weighted by molar-refractivity contribution is 7.98. The third kappa shape index (κ3) is 4.47. The van der Waals surface area contributed by atoms with Gasteiger partial charge in [-0.15, -0.1) is 11.8 Å². The average Bonchev–Trinajstić information content (AvgIpc) is 3.10. The van der Waals surface area contributed by atoms with Gasteiger partial charge in [0.05, 0.1) is 12.7 Å². The lowest BCUT2D eigenvalue weighted by Crippen LogP contribution is -2.12. The first-order chi connectivity index (χ1) is 13.1. The molecule has 1 aromatic heterocycles. The summed E-state index contributed by atoms with van der Waals surface area (Å²) in [7, 11) is 1.28. The van der Waals surface area contributed by atoms with E-state index in [1.807, 2.05) is 54.8 Å². The standard InChI is InChI=1S/C19H17N3O3S2/c1-25-19(24)22-18-20-15(12-8-4-3-5-9-12)17(27-18)21-16(23)13-10-6-7-11-14(13)26-2/h3-11H,1-2H3,(H,21,23)(H,20,22,24). The van der Waals surface area contributed by atoms with Crippen molar-refractivity contribution in [3.63, 3.8) is 0 Å². The number of hydrogen-bond acceptors (Lipinski definition) is 6. The van der Waals surface area contributed by atoms with Crippen LogP contribution in [-0.4, -0.2) is 30.3 Å². The lowest BCUT2D eigenvalue weighted by atomic mass is 10.1. The Kier molecular flexibility index (Phi) is 6.10. The summed E-state index contributed by atoms with van der Waals surface area (Å²) in [6.45, 7) is 0. The van der Waals surface area contributed by atoms with Gasteiger partial charge in [0.25, 0.3) is 5.91 Å². The van der Waals surface area contributed by atoms with E-state index >= 15 is 0 Å². The zero-order valence-corrected chi connectivity index (χ0v) is 16.3. The molecule has 0 aliphatic heterocycles. The third-order valence-electron chi connectivity index (χ3n) is 3.65. The van der Waals surface area contributed by atoms with Crippen LogP contribution in [-0.2, 0) is 4.74 Å². The van der Waals surface area contributed by atoms with Gasteiger partial charge in [0.1, 0.15) is 10.7 Å². The number of carbonyl (C=O) groups excluding carboxylic acids is 2. The summed E-state index contributed by atoms with van der Waals surface area (Å²) >= 11 is 2.68. The number of aromatic nitrogens is 1. The lowest BCUT2D eigenvalue weighted by molar-refractivity contribution is 0.102. The van der Waals surface area contributed by atoms with Gasteiger partial charge < -0.3 is 10.1 Å². The molecule has 0 fully saturated rings. The molecule has 0 saturated heterocycles. The van der Waals surface area contributed by atoms with Gasteiger partial charge in [0.2, 0.25) is 0 Å². The van der Waals surface area contributed by atoms with Gasteiger partial charge in [-0.05, 0) is 18.4 Å². The Morgan fingerprint density at radius 3 is 2.44 bits per heavy atom. The smallest absolute Gasteiger partial charge is 0.413 e. The molecule has 6 nitrogen and oxygen atoms in total. The van der Waals surface area contributed by atoms with Crippen LogP contribution in [0.3, 0.4) is 0 Å². The van der Waals surface area contributed by atoms with Gasteiger partial charge >= 0.3 is 6.09 Å². The molecule has 3 aromatic rings.